The van der Waals surface area contributed by atoms with E-state index in [1.54, 1.807) is 13.0 Å². The molecular formula is C17H13F3N4O2. The number of aromatic nitrogens is 2. The summed E-state index contributed by atoms with van der Waals surface area (Å²) in [5, 5.41) is 12.8. The molecule has 0 fully saturated rings. The number of alkyl halides is 3. The van der Waals surface area contributed by atoms with Crippen molar-refractivity contribution in [2.24, 2.45) is 0 Å². The van der Waals surface area contributed by atoms with Gasteiger partial charge in [-0.05, 0) is 31.2 Å². The highest BCUT2D eigenvalue weighted by Crippen LogP contribution is 2.32. The van der Waals surface area contributed by atoms with Gasteiger partial charge in [0.2, 0.25) is 0 Å². The van der Waals surface area contributed by atoms with Crippen LogP contribution in [0.1, 0.15) is 45.8 Å². The third kappa shape index (κ3) is 2.94. The number of fused-ring (bicyclic) bond motifs is 1. The van der Waals surface area contributed by atoms with E-state index in [-0.39, 0.29) is 30.3 Å². The number of hydrogen-bond donors (Lipinski definition) is 0. The van der Waals surface area contributed by atoms with Crippen LogP contribution >= 0.6 is 0 Å². The van der Waals surface area contributed by atoms with Gasteiger partial charge < -0.3 is 4.90 Å². The summed E-state index contributed by atoms with van der Waals surface area (Å²) < 4.78 is 39.6. The predicted octanol–water partition coefficient (Wildman–Crippen LogP) is 3.22. The second kappa shape index (κ2) is 6.29. The number of carbonyl (C=O) groups is 2. The van der Waals surface area contributed by atoms with Crippen LogP contribution in [0.25, 0.3) is 0 Å². The van der Waals surface area contributed by atoms with Gasteiger partial charge in [-0.1, -0.05) is 0 Å². The van der Waals surface area contributed by atoms with Gasteiger partial charge in [0.15, 0.2) is 5.78 Å². The number of nitrogens with zero attached hydrogens (tertiary/aromatic N) is 4. The summed E-state index contributed by atoms with van der Waals surface area (Å²) in [5.74, 6) is -1.06. The van der Waals surface area contributed by atoms with Crippen LogP contribution in [0, 0.1) is 11.3 Å². The lowest BCUT2D eigenvalue weighted by molar-refractivity contribution is -0.137. The van der Waals surface area contributed by atoms with Gasteiger partial charge >= 0.3 is 6.18 Å². The first-order valence-electron chi connectivity index (χ1n) is 7.70. The normalized spacial score (nSPS) is 17.0. The van der Waals surface area contributed by atoms with Gasteiger partial charge in [0.1, 0.15) is 5.69 Å². The SMILES string of the molecule is CC1CN(c2ccc(C(F)(F)F)cc2)C(=O)c2c(C(=O)CC#N)cnn21. The lowest BCUT2D eigenvalue weighted by atomic mass is 10.1. The number of benzene rings is 1. The van der Waals surface area contributed by atoms with E-state index in [1.807, 2.05) is 0 Å². The zero-order valence-electron chi connectivity index (χ0n) is 13.6. The van der Waals surface area contributed by atoms with Crippen molar-refractivity contribution in [2.75, 3.05) is 11.4 Å². The van der Waals surface area contributed by atoms with E-state index in [9.17, 15) is 22.8 Å². The number of amides is 1. The average Bonchev–Trinajstić information content (AvgIpc) is 3.04. The molecule has 0 spiro atoms. The van der Waals surface area contributed by atoms with Gasteiger partial charge in [-0.15, -0.1) is 0 Å². The molecule has 0 aliphatic carbocycles. The lowest BCUT2D eigenvalue weighted by Gasteiger charge is -2.32. The molecule has 0 saturated heterocycles. The summed E-state index contributed by atoms with van der Waals surface area (Å²) in [6, 6.07) is 5.69. The molecule has 2 aromatic rings. The fourth-order valence-corrected chi connectivity index (χ4v) is 2.89. The molecular weight excluding hydrogens is 349 g/mol. The van der Waals surface area contributed by atoms with Crippen LogP contribution in [-0.2, 0) is 6.18 Å². The van der Waals surface area contributed by atoms with Crippen molar-refractivity contribution in [1.29, 1.82) is 5.26 Å². The number of ketones is 1. The van der Waals surface area contributed by atoms with Gasteiger partial charge in [-0.3, -0.25) is 14.3 Å². The predicted molar refractivity (Wildman–Crippen MR) is 84.6 cm³/mol. The highest BCUT2D eigenvalue weighted by molar-refractivity contribution is 6.13. The topological polar surface area (TPSA) is 79.0 Å². The first-order chi connectivity index (χ1) is 12.2. The maximum absolute atomic E-state index is 12.8. The quantitative estimate of drug-likeness (QED) is 0.786. The van der Waals surface area contributed by atoms with Crippen LogP contribution < -0.4 is 4.90 Å². The molecule has 134 valence electrons. The van der Waals surface area contributed by atoms with E-state index >= 15 is 0 Å². The first kappa shape index (κ1) is 17.7. The molecule has 0 bridgehead atoms. The van der Waals surface area contributed by atoms with Crippen LogP contribution in [-0.4, -0.2) is 28.0 Å². The second-order valence-corrected chi connectivity index (χ2v) is 5.92. The number of carbonyl (C=O) groups excluding carboxylic acids is 2. The molecule has 0 N–H and O–H groups in total. The first-order valence-corrected chi connectivity index (χ1v) is 7.70. The van der Waals surface area contributed by atoms with Crippen molar-refractivity contribution in [3.63, 3.8) is 0 Å². The van der Waals surface area contributed by atoms with E-state index < -0.39 is 23.4 Å². The van der Waals surface area contributed by atoms with E-state index in [0.29, 0.717) is 5.69 Å². The molecule has 1 aromatic heterocycles. The van der Waals surface area contributed by atoms with Gasteiger partial charge in [-0.25, -0.2) is 0 Å². The van der Waals surface area contributed by atoms with Crippen LogP contribution in [0.2, 0.25) is 0 Å². The molecule has 2 heterocycles. The van der Waals surface area contributed by atoms with E-state index in [0.717, 1.165) is 12.1 Å². The van der Waals surface area contributed by atoms with Crippen LogP contribution in [0.15, 0.2) is 30.5 Å². The number of anilines is 1. The molecule has 3 rings (SSSR count). The summed E-state index contributed by atoms with van der Waals surface area (Å²) in [6.45, 7) is 1.98. The van der Waals surface area contributed by atoms with Crippen molar-refractivity contribution >= 4 is 17.4 Å². The summed E-state index contributed by atoms with van der Waals surface area (Å²) in [5.41, 5.74) is -0.432. The molecule has 0 radical (unpaired) electrons. The Morgan fingerprint density at radius 3 is 2.58 bits per heavy atom. The fourth-order valence-electron chi connectivity index (χ4n) is 2.89. The highest BCUT2D eigenvalue weighted by atomic mass is 19.4. The van der Waals surface area contributed by atoms with Crippen molar-refractivity contribution in [3.8, 4) is 6.07 Å². The van der Waals surface area contributed by atoms with E-state index in [1.165, 1.54) is 27.9 Å². The van der Waals surface area contributed by atoms with Gasteiger partial charge in [0, 0.05) is 12.2 Å². The van der Waals surface area contributed by atoms with Gasteiger partial charge in [0.25, 0.3) is 5.91 Å². The van der Waals surface area contributed by atoms with Crippen molar-refractivity contribution < 1.29 is 22.8 Å². The summed E-state index contributed by atoms with van der Waals surface area (Å²) >= 11 is 0. The average molecular weight is 362 g/mol. The maximum atomic E-state index is 12.8. The minimum Gasteiger partial charge on any atom is -0.305 e. The summed E-state index contributed by atoms with van der Waals surface area (Å²) in [4.78, 5) is 26.2. The maximum Gasteiger partial charge on any atom is 0.416 e. The molecule has 1 unspecified atom stereocenters. The van der Waals surface area contributed by atoms with Gasteiger partial charge in [0.05, 0.1) is 35.9 Å². The van der Waals surface area contributed by atoms with E-state index in [2.05, 4.69) is 5.10 Å². The molecule has 6 nitrogen and oxygen atoms in total. The molecule has 1 amide bonds. The molecule has 1 atom stereocenters. The second-order valence-electron chi connectivity index (χ2n) is 5.92. The van der Waals surface area contributed by atoms with Crippen molar-refractivity contribution in [3.05, 3.63) is 47.3 Å². The number of nitriles is 1. The Morgan fingerprint density at radius 2 is 2.00 bits per heavy atom. The van der Waals surface area contributed by atoms with Crippen LogP contribution in [0.4, 0.5) is 18.9 Å². The number of Topliss-reactive ketones (excluding diaryl/α,β-unsaturated/α-hetero) is 1. The third-order valence-corrected chi connectivity index (χ3v) is 4.15. The third-order valence-electron chi connectivity index (χ3n) is 4.15. The van der Waals surface area contributed by atoms with Crippen LogP contribution in [0.5, 0.6) is 0 Å². The number of halogens is 3. The summed E-state index contributed by atoms with van der Waals surface area (Å²) in [7, 11) is 0. The molecule has 9 heteroatoms. The minimum atomic E-state index is -4.47. The number of hydrogen-bond acceptors (Lipinski definition) is 4. The van der Waals surface area contributed by atoms with Crippen molar-refractivity contribution in [1.82, 2.24) is 9.78 Å². The van der Waals surface area contributed by atoms with Crippen molar-refractivity contribution in [2.45, 2.75) is 25.6 Å². The zero-order chi connectivity index (χ0) is 19.1. The molecule has 0 saturated carbocycles. The van der Waals surface area contributed by atoms with Crippen LogP contribution in [0.3, 0.4) is 0 Å². The standard InChI is InChI=1S/C17H13F3N4O2/c1-10-9-23(12-4-2-11(3-5-12)17(18,19)20)16(26)15-13(8-22-24(10)15)14(25)6-7-21/h2-5,8,10H,6,9H2,1H3. The Kier molecular flexibility index (Phi) is 4.28. The monoisotopic (exact) mass is 362 g/mol. The lowest BCUT2D eigenvalue weighted by Crippen LogP contribution is -2.43. The van der Waals surface area contributed by atoms with E-state index in [4.69, 9.17) is 5.26 Å². The zero-order valence-corrected chi connectivity index (χ0v) is 13.6. The molecule has 26 heavy (non-hydrogen) atoms. The Labute approximate surface area is 146 Å². The Morgan fingerprint density at radius 1 is 1.35 bits per heavy atom. The Bertz CT molecular complexity index is 910. The fraction of sp³-hybridized carbons (Fsp3) is 0.294. The summed E-state index contributed by atoms with van der Waals surface area (Å²) in [6.07, 6.45) is -3.60. The Hall–Kier alpha value is -3.15. The molecule has 1 aliphatic rings. The molecule has 1 aliphatic heterocycles. The van der Waals surface area contributed by atoms with Gasteiger partial charge in [-0.2, -0.15) is 23.5 Å². The Balaban J connectivity index is 1.98. The largest absolute Gasteiger partial charge is 0.416 e. The number of rotatable bonds is 3. The minimum absolute atomic E-state index is 0.0417. The molecule has 1 aromatic carbocycles. The smallest absolute Gasteiger partial charge is 0.305 e. The highest BCUT2D eigenvalue weighted by Gasteiger charge is 2.36.